The van der Waals surface area contributed by atoms with Gasteiger partial charge < -0.3 is 10.6 Å². The van der Waals surface area contributed by atoms with Crippen LogP contribution in [0.1, 0.15) is 11.1 Å². The summed E-state index contributed by atoms with van der Waals surface area (Å²) in [6.07, 6.45) is 3.68. The molecule has 2 rings (SSSR count). The quantitative estimate of drug-likeness (QED) is 0.670. The molecule has 0 fully saturated rings. The summed E-state index contributed by atoms with van der Waals surface area (Å²) in [4.78, 5) is 27.5. The molecule has 0 aliphatic carbocycles. The predicted molar refractivity (Wildman–Crippen MR) is 96.5 cm³/mol. The van der Waals surface area contributed by atoms with Crippen LogP contribution in [0.5, 0.6) is 0 Å². The van der Waals surface area contributed by atoms with Crippen molar-refractivity contribution in [2.24, 2.45) is 0 Å². The Kier molecular flexibility index (Phi) is 7.91. The SMILES string of the molecule is O=C(CSCc1cccnc1)NCCNC(=O)Cc1ccc(F)cc1. The summed E-state index contributed by atoms with van der Waals surface area (Å²) in [5.74, 6) is 0.537. The molecule has 1 aromatic heterocycles. The molecule has 132 valence electrons. The van der Waals surface area contributed by atoms with Gasteiger partial charge in [0.05, 0.1) is 12.2 Å². The maximum absolute atomic E-state index is 12.8. The average Bonchev–Trinajstić information content (AvgIpc) is 2.62. The van der Waals surface area contributed by atoms with Gasteiger partial charge in [0.2, 0.25) is 11.8 Å². The van der Waals surface area contributed by atoms with E-state index in [1.54, 1.807) is 24.5 Å². The molecule has 2 N–H and O–H groups in total. The van der Waals surface area contributed by atoms with E-state index in [-0.39, 0.29) is 24.1 Å². The van der Waals surface area contributed by atoms with Crippen LogP contribution >= 0.6 is 11.8 Å². The first-order valence-electron chi connectivity index (χ1n) is 7.88. The van der Waals surface area contributed by atoms with Crippen molar-refractivity contribution in [3.63, 3.8) is 0 Å². The largest absolute Gasteiger partial charge is 0.354 e. The van der Waals surface area contributed by atoms with Gasteiger partial charge in [0, 0.05) is 31.2 Å². The molecule has 0 saturated heterocycles. The van der Waals surface area contributed by atoms with Crippen molar-refractivity contribution < 1.29 is 14.0 Å². The first kappa shape index (κ1) is 18.9. The van der Waals surface area contributed by atoms with Crippen molar-refractivity contribution in [3.8, 4) is 0 Å². The molecule has 2 aromatic rings. The number of hydrogen-bond donors (Lipinski definition) is 2. The van der Waals surface area contributed by atoms with E-state index in [0.717, 1.165) is 16.9 Å². The molecule has 0 aliphatic heterocycles. The van der Waals surface area contributed by atoms with E-state index in [2.05, 4.69) is 15.6 Å². The van der Waals surface area contributed by atoms with E-state index in [4.69, 9.17) is 0 Å². The van der Waals surface area contributed by atoms with Crippen LogP contribution in [0.15, 0.2) is 48.8 Å². The highest BCUT2D eigenvalue weighted by atomic mass is 32.2. The molecular formula is C18H20FN3O2S. The minimum atomic E-state index is -0.326. The third kappa shape index (κ3) is 7.80. The Labute approximate surface area is 150 Å². The molecule has 0 radical (unpaired) electrons. The first-order chi connectivity index (χ1) is 12.1. The molecule has 0 spiro atoms. The molecule has 0 saturated carbocycles. The molecule has 1 heterocycles. The molecule has 0 unspecified atom stereocenters. The fraction of sp³-hybridized carbons (Fsp3) is 0.278. The van der Waals surface area contributed by atoms with Gasteiger partial charge in [0.1, 0.15) is 5.82 Å². The van der Waals surface area contributed by atoms with Gasteiger partial charge in [-0.05, 0) is 29.3 Å². The number of hydrogen-bond acceptors (Lipinski definition) is 4. The zero-order chi connectivity index (χ0) is 17.9. The van der Waals surface area contributed by atoms with Gasteiger partial charge in [-0.3, -0.25) is 14.6 Å². The van der Waals surface area contributed by atoms with E-state index in [1.807, 2.05) is 12.1 Å². The molecule has 0 aliphatic rings. The van der Waals surface area contributed by atoms with Crippen molar-refractivity contribution in [1.82, 2.24) is 15.6 Å². The highest BCUT2D eigenvalue weighted by molar-refractivity contribution is 7.99. The number of amides is 2. The normalized spacial score (nSPS) is 10.3. The number of benzene rings is 1. The second-order valence-corrected chi connectivity index (χ2v) is 6.34. The lowest BCUT2D eigenvalue weighted by Crippen LogP contribution is -2.36. The van der Waals surface area contributed by atoms with E-state index in [1.165, 1.54) is 23.9 Å². The smallest absolute Gasteiger partial charge is 0.230 e. The molecule has 5 nitrogen and oxygen atoms in total. The minimum Gasteiger partial charge on any atom is -0.354 e. The summed E-state index contributed by atoms with van der Waals surface area (Å²) in [7, 11) is 0. The van der Waals surface area contributed by atoms with Crippen molar-refractivity contribution in [3.05, 3.63) is 65.7 Å². The summed E-state index contributed by atoms with van der Waals surface area (Å²) in [6, 6.07) is 9.64. The molecule has 25 heavy (non-hydrogen) atoms. The van der Waals surface area contributed by atoms with E-state index < -0.39 is 0 Å². The lowest BCUT2D eigenvalue weighted by molar-refractivity contribution is -0.121. The average molecular weight is 361 g/mol. The molecule has 0 atom stereocenters. The third-order valence-corrected chi connectivity index (χ3v) is 4.28. The fourth-order valence-electron chi connectivity index (χ4n) is 2.05. The Hall–Kier alpha value is -2.41. The summed E-state index contributed by atoms with van der Waals surface area (Å²) in [5, 5.41) is 5.48. The number of carbonyl (C=O) groups excluding carboxylic acids is 2. The minimum absolute atomic E-state index is 0.0679. The monoisotopic (exact) mass is 361 g/mol. The summed E-state index contributed by atoms with van der Waals surface area (Å²) >= 11 is 1.51. The lowest BCUT2D eigenvalue weighted by Gasteiger charge is -2.07. The number of nitrogens with zero attached hydrogens (tertiary/aromatic N) is 1. The molecule has 1 aromatic carbocycles. The van der Waals surface area contributed by atoms with Crippen LogP contribution in [0.25, 0.3) is 0 Å². The summed E-state index contributed by atoms with van der Waals surface area (Å²) in [5.41, 5.74) is 1.82. The van der Waals surface area contributed by atoms with E-state index in [0.29, 0.717) is 18.8 Å². The highest BCUT2D eigenvalue weighted by Gasteiger charge is 2.05. The van der Waals surface area contributed by atoms with Crippen LogP contribution < -0.4 is 10.6 Å². The van der Waals surface area contributed by atoms with E-state index >= 15 is 0 Å². The number of aromatic nitrogens is 1. The van der Waals surface area contributed by atoms with Crippen LogP contribution in [0.3, 0.4) is 0 Å². The molecule has 0 bridgehead atoms. The van der Waals surface area contributed by atoms with Crippen LogP contribution in [-0.4, -0.2) is 35.6 Å². The number of rotatable bonds is 9. The van der Waals surface area contributed by atoms with Gasteiger partial charge in [-0.25, -0.2) is 4.39 Å². The maximum Gasteiger partial charge on any atom is 0.230 e. The van der Waals surface area contributed by atoms with Crippen molar-refractivity contribution >= 4 is 23.6 Å². The molecular weight excluding hydrogens is 341 g/mol. The second-order valence-electron chi connectivity index (χ2n) is 5.36. The Morgan fingerprint density at radius 2 is 1.72 bits per heavy atom. The lowest BCUT2D eigenvalue weighted by atomic mass is 10.1. The topological polar surface area (TPSA) is 71.1 Å². The molecule has 7 heteroatoms. The van der Waals surface area contributed by atoms with E-state index in [9.17, 15) is 14.0 Å². The Morgan fingerprint density at radius 1 is 1.00 bits per heavy atom. The highest BCUT2D eigenvalue weighted by Crippen LogP contribution is 2.09. The summed E-state index contributed by atoms with van der Waals surface area (Å²) < 4.78 is 12.8. The summed E-state index contributed by atoms with van der Waals surface area (Å²) in [6.45, 7) is 0.737. The number of halogens is 1. The number of carbonyl (C=O) groups is 2. The number of nitrogens with one attached hydrogen (secondary N) is 2. The zero-order valence-corrected chi connectivity index (χ0v) is 14.5. The Bertz CT molecular complexity index is 680. The van der Waals surface area contributed by atoms with Crippen molar-refractivity contribution in [2.75, 3.05) is 18.8 Å². The molecule has 2 amide bonds. The zero-order valence-electron chi connectivity index (χ0n) is 13.7. The predicted octanol–water partition coefficient (Wildman–Crippen LogP) is 1.93. The second kappa shape index (κ2) is 10.5. The Balaban J connectivity index is 1.53. The van der Waals surface area contributed by atoms with Gasteiger partial charge in [-0.2, -0.15) is 0 Å². The van der Waals surface area contributed by atoms with Crippen LogP contribution in [-0.2, 0) is 21.8 Å². The van der Waals surface area contributed by atoms with Gasteiger partial charge in [0.15, 0.2) is 0 Å². The number of pyridine rings is 1. The van der Waals surface area contributed by atoms with Crippen LogP contribution in [0, 0.1) is 5.82 Å². The van der Waals surface area contributed by atoms with Crippen LogP contribution in [0.4, 0.5) is 4.39 Å². The third-order valence-electron chi connectivity index (χ3n) is 3.27. The van der Waals surface area contributed by atoms with Gasteiger partial charge in [-0.1, -0.05) is 18.2 Å². The number of thioether (sulfide) groups is 1. The fourth-order valence-corrected chi connectivity index (χ4v) is 2.85. The van der Waals surface area contributed by atoms with Crippen LogP contribution in [0.2, 0.25) is 0 Å². The van der Waals surface area contributed by atoms with Gasteiger partial charge in [0.25, 0.3) is 0 Å². The van der Waals surface area contributed by atoms with Crippen molar-refractivity contribution in [1.29, 1.82) is 0 Å². The maximum atomic E-state index is 12.8. The standard InChI is InChI=1S/C18H20FN3O2S/c19-16-5-3-14(4-6-16)10-17(23)21-8-9-22-18(24)13-25-12-15-2-1-7-20-11-15/h1-7,11H,8-10,12-13H2,(H,21,23)(H,22,24). The first-order valence-corrected chi connectivity index (χ1v) is 9.03. The van der Waals surface area contributed by atoms with Gasteiger partial charge >= 0.3 is 0 Å². The van der Waals surface area contributed by atoms with Gasteiger partial charge in [-0.15, -0.1) is 11.8 Å². The Morgan fingerprint density at radius 3 is 2.40 bits per heavy atom. The van der Waals surface area contributed by atoms with Crippen molar-refractivity contribution in [2.45, 2.75) is 12.2 Å².